The molecule has 0 aliphatic carbocycles. The van der Waals surface area contributed by atoms with Crippen LogP contribution in [0.15, 0.2) is 18.3 Å². The highest BCUT2D eigenvalue weighted by molar-refractivity contribution is 5.92. The third-order valence-electron chi connectivity index (χ3n) is 1.98. The molecule has 2 N–H and O–H groups in total. The molecule has 0 saturated heterocycles. The minimum Gasteiger partial charge on any atom is -0.384 e. The first-order valence-corrected chi connectivity index (χ1v) is 5.09. The number of carbonyl (C=O) groups excluding carboxylic acids is 1. The van der Waals surface area contributed by atoms with E-state index in [-0.39, 0.29) is 5.91 Å². The first-order chi connectivity index (χ1) is 7.77. The molecule has 0 atom stereocenters. The van der Waals surface area contributed by atoms with Crippen LogP contribution < -0.4 is 10.6 Å². The Balaban J connectivity index is 2.59. The zero-order valence-electron chi connectivity index (χ0n) is 9.50. The summed E-state index contributed by atoms with van der Waals surface area (Å²) in [5.74, 6) is 5.60. The summed E-state index contributed by atoms with van der Waals surface area (Å²) in [6, 6.07) is 3.55. The van der Waals surface area contributed by atoms with E-state index in [1.807, 2.05) is 13.0 Å². The van der Waals surface area contributed by atoms with Crippen LogP contribution >= 0.6 is 0 Å². The van der Waals surface area contributed by atoms with E-state index in [4.69, 9.17) is 0 Å². The van der Waals surface area contributed by atoms with Crippen LogP contribution in [0.1, 0.15) is 23.8 Å². The zero-order valence-corrected chi connectivity index (χ0v) is 9.50. The van der Waals surface area contributed by atoms with Crippen LogP contribution in [0.3, 0.4) is 0 Å². The van der Waals surface area contributed by atoms with Crippen molar-refractivity contribution in [2.24, 2.45) is 0 Å². The van der Waals surface area contributed by atoms with Gasteiger partial charge in [-0.15, -0.1) is 11.8 Å². The fourth-order valence-corrected chi connectivity index (χ4v) is 1.19. The Hall–Kier alpha value is -2.02. The lowest BCUT2D eigenvalue weighted by Crippen LogP contribution is -2.19. The van der Waals surface area contributed by atoms with Crippen LogP contribution in [0.25, 0.3) is 0 Å². The SMILES string of the molecule is CC#CCCNc1ccnc(C(=O)NC)c1. The Morgan fingerprint density at radius 2 is 2.38 bits per heavy atom. The predicted octanol–water partition coefficient (Wildman–Crippen LogP) is 1.27. The molecule has 0 aliphatic heterocycles. The largest absolute Gasteiger partial charge is 0.384 e. The average Bonchev–Trinajstić information content (AvgIpc) is 2.34. The Morgan fingerprint density at radius 1 is 1.56 bits per heavy atom. The van der Waals surface area contributed by atoms with E-state index in [0.717, 1.165) is 18.7 Å². The van der Waals surface area contributed by atoms with E-state index in [1.54, 1.807) is 19.3 Å². The smallest absolute Gasteiger partial charge is 0.269 e. The number of pyridine rings is 1. The number of nitrogens with one attached hydrogen (secondary N) is 2. The Kier molecular flexibility index (Phi) is 4.87. The van der Waals surface area contributed by atoms with E-state index in [1.165, 1.54) is 0 Å². The minimum atomic E-state index is -0.183. The molecule has 0 saturated carbocycles. The first kappa shape index (κ1) is 12.1. The summed E-state index contributed by atoms with van der Waals surface area (Å²) in [5, 5.41) is 5.71. The van der Waals surface area contributed by atoms with Crippen molar-refractivity contribution in [2.75, 3.05) is 18.9 Å². The van der Waals surface area contributed by atoms with Crippen molar-refractivity contribution in [3.63, 3.8) is 0 Å². The molecule has 84 valence electrons. The highest BCUT2D eigenvalue weighted by atomic mass is 16.1. The van der Waals surface area contributed by atoms with Gasteiger partial charge in [-0.2, -0.15) is 0 Å². The molecular weight excluding hydrogens is 202 g/mol. The Labute approximate surface area is 95.5 Å². The van der Waals surface area contributed by atoms with Gasteiger partial charge in [-0.05, 0) is 19.1 Å². The van der Waals surface area contributed by atoms with Crippen molar-refractivity contribution >= 4 is 11.6 Å². The van der Waals surface area contributed by atoms with E-state index < -0.39 is 0 Å². The summed E-state index contributed by atoms with van der Waals surface area (Å²) < 4.78 is 0. The Bertz CT molecular complexity index is 418. The maximum atomic E-state index is 11.3. The predicted molar refractivity (Wildman–Crippen MR) is 64.2 cm³/mol. The fourth-order valence-electron chi connectivity index (χ4n) is 1.19. The van der Waals surface area contributed by atoms with Crippen molar-refractivity contribution < 1.29 is 4.79 Å². The first-order valence-electron chi connectivity index (χ1n) is 5.09. The van der Waals surface area contributed by atoms with Crippen LogP contribution in [0.4, 0.5) is 5.69 Å². The van der Waals surface area contributed by atoms with Gasteiger partial charge in [-0.3, -0.25) is 9.78 Å². The molecule has 0 aromatic carbocycles. The molecule has 4 nitrogen and oxygen atoms in total. The van der Waals surface area contributed by atoms with Gasteiger partial charge < -0.3 is 10.6 Å². The van der Waals surface area contributed by atoms with Gasteiger partial charge in [0.2, 0.25) is 0 Å². The van der Waals surface area contributed by atoms with Crippen molar-refractivity contribution in [1.29, 1.82) is 0 Å². The summed E-state index contributed by atoms with van der Waals surface area (Å²) in [7, 11) is 1.58. The van der Waals surface area contributed by atoms with Gasteiger partial charge in [0.25, 0.3) is 5.91 Å². The molecule has 0 aliphatic rings. The second kappa shape index (κ2) is 6.46. The van der Waals surface area contributed by atoms with Gasteiger partial charge in [-0.1, -0.05) is 0 Å². The summed E-state index contributed by atoms with van der Waals surface area (Å²) in [5.41, 5.74) is 1.29. The molecule has 1 rings (SSSR count). The molecular formula is C12H15N3O. The van der Waals surface area contributed by atoms with E-state index >= 15 is 0 Å². The lowest BCUT2D eigenvalue weighted by molar-refractivity contribution is 0.0958. The van der Waals surface area contributed by atoms with Gasteiger partial charge >= 0.3 is 0 Å². The number of hydrogen-bond donors (Lipinski definition) is 2. The van der Waals surface area contributed by atoms with Crippen LogP contribution in [0.5, 0.6) is 0 Å². The van der Waals surface area contributed by atoms with E-state index in [2.05, 4.69) is 27.5 Å². The molecule has 1 amide bonds. The number of rotatable bonds is 4. The van der Waals surface area contributed by atoms with Crippen LogP contribution in [-0.4, -0.2) is 24.5 Å². The van der Waals surface area contributed by atoms with Crippen molar-refractivity contribution in [3.8, 4) is 11.8 Å². The fraction of sp³-hybridized carbons (Fsp3) is 0.333. The van der Waals surface area contributed by atoms with Gasteiger partial charge in [-0.25, -0.2) is 0 Å². The molecule has 0 unspecified atom stereocenters. The maximum absolute atomic E-state index is 11.3. The lowest BCUT2D eigenvalue weighted by atomic mass is 10.3. The van der Waals surface area contributed by atoms with Gasteiger partial charge in [0.05, 0.1) is 0 Å². The van der Waals surface area contributed by atoms with Crippen molar-refractivity contribution in [3.05, 3.63) is 24.0 Å². The lowest BCUT2D eigenvalue weighted by Gasteiger charge is -2.05. The monoisotopic (exact) mass is 217 g/mol. The molecule has 0 fully saturated rings. The van der Waals surface area contributed by atoms with Crippen LogP contribution in [0.2, 0.25) is 0 Å². The van der Waals surface area contributed by atoms with Crippen molar-refractivity contribution in [1.82, 2.24) is 10.3 Å². The number of amides is 1. The van der Waals surface area contributed by atoms with E-state index in [9.17, 15) is 4.79 Å². The minimum absolute atomic E-state index is 0.183. The number of anilines is 1. The average molecular weight is 217 g/mol. The highest BCUT2D eigenvalue weighted by Gasteiger charge is 2.04. The standard InChI is InChI=1S/C12H15N3O/c1-3-4-5-7-14-10-6-8-15-11(9-10)12(16)13-2/h6,8-9H,5,7H2,1-2H3,(H,13,16)(H,14,15). The summed E-state index contributed by atoms with van der Waals surface area (Å²) in [6.07, 6.45) is 2.40. The Morgan fingerprint density at radius 3 is 3.06 bits per heavy atom. The highest BCUT2D eigenvalue weighted by Crippen LogP contribution is 2.07. The molecule has 0 radical (unpaired) electrons. The number of hydrogen-bond acceptors (Lipinski definition) is 3. The summed E-state index contributed by atoms with van der Waals surface area (Å²) in [4.78, 5) is 15.3. The van der Waals surface area contributed by atoms with Gasteiger partial charge in [0.15, 0.2) is 0 Å². The number of carbonyl (C=O) groups is 1. The quantitative estimate of drug-likeness (QED) is 0.590. The third-order valence-corrected chi connectivity index (χ3v) is 1.98. The molecule has 0 bridgehead atoms. The topological polar surface area (TPSA) is 54.0 Å². The van der Waals surface area contributed by atoms with Gasteiger partial charge in [0.1, 0.15) is 5.69 Å². The second-order valence-electron chi connectivity index (χ2n) is 3.11. The molecule has 1 aromatic rings. The summed E-state index contributed by atoms with van der Waals surface area (Å²) >= 11 is 0. The molecule has 1 heterocycles. The van der Waals surface area contributed by atoms with Gasteiger partial charge in [0, 0.05) is 31.9 Å². The number of aromatic nitrogens is 1. The van der Waals surface area contributed by atoms with Crippen LogP contribution in [0, 0.1) is 11.8 Å². The molecule has 0 spiro atoms. The molecule has 1 aromatic heterocycles. The maximum Gasteiger partial charge on any atom is 0.269 e. The number of nitrogens with zero attached hydrogens (tertiary/aromatic N) is 1. The molecule has 4 heteroatoms. The second-order valence-corrected chi connectivity index (χ2v) is 3.11. The zero-order chi connectivity index (χ0) is 11.8. The van der Waals surface area contributed by atoms with Crippen LogP contribution in [-0.2, 0) is 0 Å². The normalized spacial score (nSPS) is 8.88. The molecule has 16 heavy (non-hydrogen) atoms. The van der Waals surface area contributed by atoms with Crippen molar-refractivity contribution in [2.45, 2.75) is 13.3 Å². The summed E-state index contributed by atoms with van der Waals surface area (Å²) in [6.45, 7) is 2.58. The third kappa shape index (κ3) is 3.62. The van der Waals surface area contributed by atoms with E-state index in [0.29, 0.717) is 5.69 Å².